The van der Waals surface area contributed by atoms with Crippen molar-refractivity contribution < 1.29 is 4.79 Å². The molecule has 3 heterocycles. The van der Waals surface area contributed by atoms with Gasteiger partial charge in [0.05, 0.1) is 11.6 Å². The highest BCUT2D eigenvalue weighted by atomic mass is 16.1. The van der Waals surface area contributed by atoms with E-state index >= 15 is 0 Å². The van der Waals surface area contributed by atoms with Crippen LogP contribution in [-0.2, 0) is 10.2 Å². The van der Waals surface area contributed by atoms with Gasteiger partial charge in [-0.15, -0.1) is 0 Å². The maximum Gasteiger partial charge on any atom is 0.164 e. The lowest BCUT2D eigenvalue weighted by atomic mass is 9.59. The van der Waals surface area contributed by atoms with E-state index in [1.54, 1.807) is 0 Å². The van der Waals surface area contributed by atoms with Crippen molar-refractivity contribution in [3.63, 3.8) is 0 Å². The van der Waals surface area contributed by atoms with Crippen LogP contribution in [0.15, 0.2) is 57.5 Å². The van der Waals surface area contributed by atoms with E-state index in [0.717, 1.165) is 42.8 Å². The molecule has 5 rings (SSSR count). The third kappa shape index (κ3) is 2.93. The van der Waals surface area contributed by atoms with E-state index in [2.05, 4.69) is 65.5 Å². The standard InChI is InChI=1S/C25H32N4O/c1-4-25(17-9-8-10-18(13-17)29-11-6-5-7-12-29)19-16-26-28-23(19)27-20-14-24(2,3)15-21(30)22(20)25/h8-10,13,16,23,27H,4-7,11-12,14-15H2,1-3H3/t23?,25-/m1/s1. The summed E-state index contributed by atoms with van der Waals surface area (Å²) in [5.41, 5.74) is 5.14. The molecule has 2 atom stereocenters. The molecule has 158 valence electrons. The van der Waals surface area contributed by atoms with Gasteiger partial charge in [0.1, 0.15) is 0 Å². The maximum atomic E-state index is 13.6. The van der Waals surface area contributed by atoms with E-state index < -0.39 is 5.41 Å². The van der Waals surface area contributed by atoms with Crippen molar-refractivity contribution in [2.24, 2.45) is 15.6 Å². The number of fused-ring (bicyclic) bond motifs is 1. The SMILES string of the molecule is CC[C@@]1(c2cccc(N3CCCCC3)c2)C2=CN=NC2NC2=C1C(=O)CC(C)(C)C2. The number of nitrogens with zero attached hydrogens (tertiary/aromatic N) is 3. The number of hydrogen-bond acceptors (Lipinski definition) is 5. The van der Waals surface area contributed by atoms with Crippen LogP contribution in [0.25, 0.3) is 0 Å². The molecule has 0 bridgehead atoms. The fourth-order valence-electron chi connectivity index (χ4n) is 6.01. The van der Waals surface area contributed by atoms with Crippen molar-refractivity contribution in [3.8, 4) is 0 Å². The number of carbonyl (C=O) groups excluding carboxylic acids is 1. The number of Topliss-reactive ketones (excluding diaryl/α,β-unsaturated/α-hetero) is 1. The van der Waals surface area contributed by atoms with E-state index in [4.69, 9.17) is 0 Å². The first-order chi connectivity index (χ1) is 14.4. The second kappa shape index (κ2) is 7.07. The quantitative estimate of drug-likeness (QED) is 0.749. The molecule has 30 heavy (non-hydrogen) atoms. The zero-order valence-electron chi connectivity index (χ0n) is 18.4. The molecule has 1 unspecified atom stereocenters. The minimum Gasteiger partial charge on any atom is -0.372 e. The molecule has 5 nitrogen and oxygen atoms in total. The Morgan fingerprint density at radius 2 is 1.97 bits per heavy atom. The van der Waals surface area contributed by atoms with Gasteiger partial charge >= 0.3 is 0 Å². The smallest absolute Gasteiger partial charge is 0.164 e. The van der Waals surface area contributed by atoms with Gasteiger partial charge in [0, 0.05) is 42.0 Å². The summed E-state index contributed by atoms with van der Waals surface area (Å²) in [4.78, 5) is 16.1. The summed E-state index contributed by atoms with van der Waals surface area (Å²) >= 11 is 0. The number of ketones is 1. The van der Waals surface area contributed by atoms with Crippen molar-refractivity contribution in [3.05, 3.63) is 52.9 Å². The van der Waals surface area contributed by atoms with Gasteiger partial charge in [-0.05, 0) is 55.2 Å². The monoisotopic (exact) mass is 404 g/mol. The van der Waals surface area contributed by atoms with E-state index in [0.29, 0.717) is 6.42 Å². The fraction of sp³-hybridized carbons (Fsp3) is 0.560. The zero-order chi connectivity index (χ0) is 20.9. The van der Waals surface area contributed by atoms with Crippen LogP contribution in [0, 0.1) is 5.41 Å². The third-order valence-electron chi connectivity index (χ3n) is 7.37. The average Bonchev–Trinajstić information content (AvgIpc) is 3.21. The van der Waals surface area contributed by atoms with Gasteiger partial charge in [-0.2, -0.15) is 10.2 Å². The first-order valence-electron chi connectivity index (χ1n) is 11.4. The highest BCUT2D eigenvalue weighted by molar-refractivity contribution is 6.01. The summed E-state index contributed by atoms with van der Waals surface area (Å²) in [6.45, 7) is 8.79. The number of piperidine rings is 1. The Hall–Kier alpha value is -2.43. The van der Waals surface area contributed by atoms with Gasteiger partial charge < -0.3 is 10.2 Å². The first kappa shape index (κ1) is 19.5. The second-order valence-corrected chi connectivity index (χ2v) is 10.0. The molecule has 1 aromatic rings. The summed E-state index contributed by atoms with van der Waals surface area (Å²) in [6.07, 6.45) is 7.85. The van der Waals surface area contributed by atoms with Crippen molar-refractivity contribution in [2.75, 3.05) is 18.0 Å². The summed E-state index contributed by atoms with van der Waals surface area (Å²) in [7, 11) is 0. The number of hydrogen-bond donors (Lipinski definition) is 1. The van der Waals surface area contributed by atoms with Crippen LogP contribution in [-0.4, -0.2) is 25.0 Å². The molecular formula is C25H32N4O. The van der Waals surface area contributed by atoms with Gasteiger partial charge in [-0.3, -0.25) is 4.79 Å². The largest absolute Gasteiger partial charge is 0.372 e. The third-order valence-corrected chi connectivity index (χ3v) is 7.37. The minimum absolute atomic E-state index is 0.0327. The molecule has 3 aliphatic heterocycles. The Kier molecular flexibility index (Phi) is 4.60. The van der Waals surface area contributed by atoms with E-state index in [-0.39, 0.29) is 17.4 Å². The topological polar surface area (TPSA) is 57.1 Å². The molecule has 1 aromatic carbocycles. The minimum atomic E-state index is -0.450. The van der Waals surface area contributed by atoms with Crippen molar-refractivity contribution in [1.29, 1.82) is 0 Å². The number of nitrogens with one attached hydrogen (secondary N) is 1. The Bertz CT molecular complexity index is 967. The Balaban J connectivity index is 1.68. The average molecular weight is 405 g/mol. The van der Waals surface area contributed by atoms with E-state index in [9.17, 15) is 4.79 Å². The Morgan fingerprint density at radius 3 is 2.73 bits per heavy atom. The molecule has 1 fully saturated rings. The summed E-state index contributed by atoms with van der Waals surface area (Å²) in [5.74, 6) is 0.269. The summed E-state index contributed by atoms with van der Waals surface area (Å²) in [6, 6.07) is 8.91. The predicted octanol–water partition coefficient (Wildman–Crippen LogP) is 5.25. The van der Waals surface area contributed by atoms with Gasteiger partial charge in [-0.1, -0.05) is 32.9 Å². The highest BCUT2D eigenvalue weighted by Gasteiger charge is 2.53. The lowest BCUT2D eigenvalue weighted by Crippen LogP contribution is -2.51. The van der Waals surface area contributed by atoms with Crippen LogP contribution in [0.4, 0.5) is 5.69 Å². The lowest BCUT2D eigenvalue weighted by Gasteiger charge is -2.48. The maximum absolute atomic E-state index is 13.6. The number of azo groups is 1. The van der Waals surface area contributed by atoms with Crippen molar-refractivity contribution in [1.82, 2.24) is 5.32 Å². The molecule has 0 radical (unpaired) electrons. The second-order valence-electron chi connectivity index (χ2n) is 10.0. The van der Waals surface area contributed by atoms with Crippen LogP contribution in [0.5, 0.6) is 0 Å². The summed E-state index contributed by atoms with van der Waals surface area (Å²) < 4.78 is 0. The molecule has 1 aliphatic carbocycles. The Morgan fingerprint density at radius 1 is 1.17 bits per heavy atom. The highest BCUT2D eigenvalue weighted by Crippen LogP contribution is 2.54. The van der Waals surface area contributed by atoms with Crippen LogP contribution in [0.3, 0.4) is 0 Å². The molecule has 5 heteroatoms. The van der Waals surface area contributed by atoms with E-state index in [1.807, 2.05) is 6.20 Å². The van der Waals surface area contributed by atoms with Crippen LogP contribution >= 0.6 is 0 Å². The van der Waals surface area contributed by atoms with Crippen molar-refractivity contribution >= 4 is 11.5 Å². The van der Waals surface area contributed by atoms with Gasteiger partial charge in [0.25, 0.3) is 0 Å². The zero-order valence-corrected chi connectivity index (χ0v) is 18.4. The van der Waals surface area contributed by atoms with Crippen LogP contribution in [0.1, 0.15) is 64.9 Å². The fourth-order valence-corrected chi connectivity index (χ4v) is 6.01. The van der Waals surface area contributed by atoms with Gasteiger partial charge in [0.2, 0.25) is 0 Å². The Labute approximate surface area is 179 Å². The molecule has 1 saturated heterocycles. The van der Waals surface area contributed by atoms with Crippen LogP contribution in [0.2, 0.25) is 0 Å². The normalized spacial score (nSPS) is 30.0. The molecule has 0 saturated carbocycles. The summed E-state index contributed by atoms with van der Waals surface area (Å²) in [5, 5.41) is 12.3. The molecule has 0 amide bonds. The van der Waals surface area contributed by atoms with Gasteiger partial charge in [0.15, 0.2) is 11.9 Å². The molecule has 0 spiro atoms. The number of benzene rings is 1. The van der Waals surface area contributed by atoms with Crippen LogP contribution < -0.4 is 10.2 Å². The molecule has 4 aliphatic rings. The lowest BCUT2D eigenvalue weighted by molar-refractivity contribution is -0.119. The van der Waals surface area contributed by atoms with Gasteiger partial charge in [-0.25, -0.2) is 0 Å². The predicted molar refractivity (Wildman–Crippen MR) is 119 cm³/mol. The first-order valence-corrected chi connectivity index (χ1v) is 11.4. The number of rotatable bonds is 3. The molecular weight excluding hydrogens is 372 g/mol. The number of allylic oxidation sites excluding steroid dienone is 2. The molecule has 1 N–H and O–H groups in total. The number of anilines is 1. The molecule has 0 aromatic heterocycles. The van der Waals surface area contributed by atoms with E-state index in [1.165, 1.54) is 30.5 Å². The van der Waals surface area contributed by atoms with Crippen molar-refractivity contribution in [2.45, 2.75) is 70.9 Å². The number of carbonyl (C=O) groups is 1.